The van der Waals surface area contributed by atoms with Gasteiger partial charge in [0.05, 0.1) is 22.1 Å². The van der Waals surface area contributed by atoms with Gasteiger partial charge in [-0.3, -0.25) is 34.1 Å². The monoisotopic (exact) mass is 864 g/mol. The van der Waals surface area contributed by atoms with E-state index in [2.05, 4.69) is 50.6 Å². The number of pyridine rings is 3. The molecular formula is C50H52N6O8. The maximum atomic E-state index is 13.5. The summed E-state index contributed by atoms with van der Waals surface area (Å²) in [5.41, 5.74) is 1.24. The van der Waals surface area contributed by atoms with Crippen molar-refractivity contribution in [2.45, 2.75) is 38.5 Å². The van der Waals surface area contributed by atoms with Gasteiger partial charge in [-0.1, -0.05) is 74.4 Å². The van der Waals surface area contributed by atoms with Crippen molar-refractivity contribution in [3.63, 3.8) is 0 Å². The summed E-state index contributed by atoms with van der Waals surface area (Å²) in [6.45, 7) is 12.2. The topological polar surface area (TPSA) is 191 Å². The lowest BCUT2D eigenvalue weighted by Gasteiger charge is -2.30. The number of carbonyl (C=O) groups is 4. The highest BCUT2D eigenvalue weighted by Crippen LogP contribution is 2.36. The number of amides is 3. The Bertz CT molecular complexity index is 2390. The van der Waals surface area contributed by atoms with E-state index in [0.717, 1.165) is 16.2 Å². The average Bonchev–Trinajstić information content (AvgIpc) is 3.32. The largest absolute Gasteiger partial charge is 0.486 e. The Labute approximate surface area is 371 Å². The first-order chi connectivity index (χ1) is 31.2. The van der Waals surface area contributed by atoms with Crippen LogP contribution in [0.5, 0.6) is 17.2 Å². The van der Waals surface area contributed by atoms with E-state index in [1.54, 1.807) is 91.4 Å². The summed E-state index contributed by atoms with van der Waals surface area (Å²) in [6.07, 6.45) is 11.2. The van der Waals surface area contributed by atoms with E-state index < -0.39 is 29.1 Å². The van der Waals surface area contributed by atoms with Gasteiger partial charge in [0.1, 0.15) is 36.4 Å². The number of fused-ring (bicyclic) bond motifs is 3. The number of nitrogens with zero attached hydrogens (tertiary/aromatic N) is 3. The summed E-state index contributed by atoms with van der Waals surface area (Å²) in [5, 5.41) is 22.1. The Morgan fingerprint density at radius 2 is 0.828 bits per heavy atom. The summed E-state index contributed by atoms with van der Waals surface area (Å²) in [5.74, 6) is -1.19. The second-order valence-electron chi connectivity index (χ2n) is 15.0. The minimum Gasteiger partial charge on any atom is -0.486 e. The summed E-state index contributed by atoms with van der Waals surface area (Å²) in [6, 6.07) is 21.4. The molecule has 6 rings (SSSR count). The van der Waals surface area contributed by atoms with Gasteiger partial charge in [-0.05, 0) is 74.9 Å². The van der Waals surface area contributed by atoms with Crippen molar-refractivity contribution in [3.05, 3.63) is 146 Å². The van der Waals surface area contributed by atoms with Crippen LogP contribution < -0.4 is 30.2 Å². The lowest BCUT2D eigenvalue weighted by atomic mass is 9.75. The molecule has 3 heterocycles. The van der Waals surface area contributed by atoms with Crippen molar-refractivity contribution in [1.29, 1.82) is 0 Å². The molecule has 3 amide bonds. The van der Waals surface area contributed by atoms with Gasteiger partial charge in [0.25, 0.3) is 17.7 Å². The molecule has 14 nitrogen and oxygen atoms in total. The lowest BCUT2D eigenvalue weighted by Crippen LogP contribution is -2.35. The number of aliphatic carboxylic acids is 1. The highest BCUT2D eigenvalue weighted by atomic mass is 16.5. The van der Waals surface area contributed by atoms with Gasteiger partial charge in [-0.25, -0.2) is 0 Å². The maximum absolute atomic E-state index is 13.5. The number of aromatic nitrogens is 3. The van der Waals surface area contributed by atoms with E-state index in [0.29, 0.717) is 69.8 Å². The van der Waals surface area contributed by atoms with E-state index >= 15 is 0 Å². The molecule has 0 aliphatic carbocycles. The van der Waals surface area contributed by atoms with Crippen LogP contribution in [0.25, 0.3) is 32.7 Å². The molecule has 0 spiro atoms. The summed E-state index contributed by atoms with van der Waals surface area (Å²) >= 11 is 0. The Balaban J connectivity index is 1.14. The van der Waals surface area contributed by atoms with Crippen LogP contribution in [0.15, 0.2) is 129 Å². The lowest BCUT2D eigenvalue weighted by molar-refractivity contribution is -0.150. The van der Waals surface area contributed by atoms with Crippen molar-refractivity contribution in [3.8, 4) is 17.2 Å². The van der Waals surface area contributed by atoms with Crippen molar-refractivity contribution < 1.29 is 38.5 Å². The zero-order valence-electron chi connectivity index (χ0n) is 35.6. The number of rotatable bonds is 25. The van der Waals surface area contributed by atoms with Crippen LogP contribution in [0.2, 0.25) is 0 Å². The number of nitrogens with one attached hydrogen (secondary N) is 3. The van der Waals surface area contributed by atoms with Crippen LogP contribution in [0.4, 0.5) is 0 Å². The average molecular weight is 865 g/mol. The van der Waals surface area contributed by atoms with Gasteiger partial charge >= 0.3 is 5.97 Å². The first-order valence-electron chi connectivity index (χ1n) is 21.1. The number of carboxylic acids is 1. The predicted molar refractivity (Wildman–Crippen MR) is 247 cm³/mol. The first kappa shape index (κ1) is 45.9. The standard InChI is InChI=1S/C50H52N6O8/c1-4-31-62-43-37(19-16-34-13-7-25-51-40(34)43)46(57)54-28-10-22-50(49(60)61,23-11-29-55-47(58)38-20-17-35-14-8-26-52-41(35)44(38)63-32-5-2)24-12-30-56-48(59)39-21-18-36-15-9-27-53-42(36)45(39)64-33-6-3/h4-9,13-21,25-27H,1-3,10-12,22-24,28-33H2,(H,54,57)(H,55,58)(H,56,59)(H,60,61). The van der Waals surface area contributed by atoms with Crippen LogP contribution in [-0.2, 0) is 4.79 Å². The fraction of sp³-hybridized carbons (Fsp3) is 0.260. The molecule has 4 N–H and O–H groups in total. The van der Waals surface area contributed by atoms with E-state index in [1.807, 2.05) is 18.2 Å². The van der Waals surface area contributed by atoms with Gasteiger partial charge in [0.15, 0.2) is 17.2 Å². The van der Waals surface area contributed by atoms with Crippen LogP contribution in [0.1, 0.15) is 69.6 Å². The molecule has 3 aromatic heterocycles. The number of ether oxygens (including phenoxy) is 3. The van der Waals surface area contributed by atoms with Gasteiger partial charge in [0.2, 0.25) is 0 Å². The second-order valence-corrected chi connectivity index (χ2v) is 15.0. The van der Waals surface area contributed by atoms with Gasteiger partial charge in [0, 0.05) is 54.4 Å². The summed E-state index contributed by atoms with van der Waals surface area (Å²) < 4.78 is 17.7. The number of carbonyl (C=O) groups excluding carboxylic acids is 3. The third-order valence-electron chi connectivity index (χ3n) is 10.8. The molecular weight excluding hydrogens is 813 g/mol. The van der Waals surface area contributed by atoms with Gasteiger partial charge < -0.3 is 35.3 Å². The van der Waals surface area contributed by atoms with Crippen molar-refractivity contribution in [1.82, 2.24) is 30.9 Å². The van der Waals surface area contributed by atoms with Crippen molar-refractivity contribution >= 4 is 56.4 Å². The number of hydrogen-bond acceptors (Lipinski definition) is 10. The zero-order valence-corrected chi connectivity index (χ0v) is 35.6. The van der Waals surface area contributed by atoms with E-state index in [1.165, 1.54) is 0 Å². The molecule has 0 atom stereocenters. The minimum absolute atomic E-state index is 0.172. The molecule has 0 aliphatic heterocycles. The molecule has 0 fully saturated rings. The molecule has 0 aliphatic rings. The Morgan fingerprint density at radius 3 is 1.11 bits per heavy atom. The number of hydrogen-bond donors (Lipinski definition) is 4. The van der Waals surface area contributed by atoms with E-state index in [9.17, 15) is 24.3 Å². The smallest absolute Gasteiger partial charge is 0.309 e. The molecule has 3 aromatic carbocycles. The highest BCUT2D eigenvalue weighted by molar-refractivity contribution is 6.04. The number of benzene rings is 3. The Kier molecular flexibility index (Phi) is 16.1. The summed E-state index contributed by atoms with van der Waals surface area (Å²) in [4.78, 5) is 67.2. The van der Waals surface area contributed by atoms with Crippen LogP contribution in [0, 0.1) is 5.41 Å². The van der Waals surface area contributed by atoms with E-state index in [4.69, 9.17) is 14.2 Å². The first-order valence-corrected chi connectivity index (χ1v) is 21.1. The van der Waals surface area contributed by atoms with Crippen LogP contribution in [-0.4, -0.2) is 83.2 Å². The quantitative estimate of drug-likeness (QED) is 0.0322. The summed E-state index contributed by atoms with van der Waals surface area (Å²) in [7, 11) is 0. The van der Waals surface area contributed by atoms with Gasteiger partial charge in [-0.15, -0.1) is 0 Å². The Morgan fingerprint density at radius 1 is 0.516 bits per heavy atom. The SMILES string of the molecule is C=CCOc1c(C(=O)NCCCC(CCCNC(=O)c2ccc3cccnc3c2OCC=C)(CCCNC(=O)c2ccc3cccnc3c2OCC=C)C(=O)O)ccc2cccnc12. The predicted octanol–water partition coefficient (Wildman–Crippen LogP) is 8.03. The molecule has 6 aromatic rings. The van der Waals surface area contributed by atoms with E-state index in [-0.39, 0.29) is 58.7 Å². The third-order valence-corrected chi connectivity index (χ3v) is 10.8. The maximum Gasteiger partial charge on any atom is 0.309 e. The van der Waals surface area contributed by atoms with Crippen molar-refractivity contribution in [2.75, 3.05) is 39.5 Å². The molecule has 14 heteroatoms. The van der Waals surface area contributed by atoms with Crippen LogP contribution in [0.3, 0.4) is 0 Å². The Hall–Kier alpha value is -7.61. The zero-order chi connectivity index (χ0) is 45.3. The van der Waals surface area contributed by atoms with Crippen molar-refractivity contribution in [2.24, 2.45) is 5.41 Å². The van der Waals surface area contributed by atoms with Crippen LogP contribution >= 0.6 is 0 Å². The molecule has 0 saturated heterocycles. The second kappa shape index (κ2) is 22.5. The fourth-order valence-corrected chi connectivity index (χ4v) is 7.62. The minimum atomic E-state index is -1.26. The molecule has 0 bridgehead atoms. The third kappa shape index (κ3) is 11.1. The molecule has 330 valence electrons. The normalized spacial score (nSPS) is 11.1. The molecule has 0 saturated carbocycles. The fourth-order valence-electron chi connectivity index (χ4n) is 7.62. The van der Waals surface area contributed by atoms with Gasteiger partial charge in [-0.2, -0.15) is 0 Å². The molecule has 0 radical (unpaired) electrons. The highest BCUT2D eigenvalue weighted by Gasteiger charge is 2.37. The molecule has 0 unspecified atom stereocenters. The molecule has 64 heavy (non-hydrogen) atoms. The number of carboxylic acid groups (broad SMARTS) is 1.